The maximum Gasteiger partial charge on any atom is 0.306 e. The first-order valence-electron chi connectivity index (χ1n) is 6.04. The van der Waals surface area contributed by atoms with Gasteiger partial charge in [0.15, 0.2) is 11.6 Å². The van der Waals surface area contributed by atoms with Crippen LogP contribution in [0.25, 0.3) is 0 Å². The predicted octanol–water partition coefficient (Wildman–Crippen LogP) is 3.77. The number of aryl methyl sites for hydroxylation is 1. The third kappa shape index (κ3) is 5.32. The van der Waals surface area contributed by atoms with Crippen LogP contribution in [-0.2, 0) is 16.0 Å². The van der Waals surface area contributed by atoms with Crippen molar-refractivity contribution in [2.75, 3.05) is 0 Å². The molecular formula is C14H17F3O2. The Morgan fingerprint density at radius 1 is 1.11 bits per heavy atom. The monoisotopic (exact) mass is 274 g/mol. The van der Waals surface area contributed by atoms with Crippen molar-refractivity contribution in [3.63, 3.8) is 0 Å². The fourth-order valence-electron chi connectivity index (χ4n) is 1.57. The molecule has 0 aliphatic heterocycles. The van der Waals surface area contributed by atoms with E-state index >= 15 is 0 Å². The lowest BCUT2D eigenvalue weighted by atomic mass is 10.1. The highest BCUT2D eigenvalue weighted by Crippen LogP contribution is 2.16. The highest BCUT2D eigenvalue weighted by atomic mass is 19.2. The summed E-state index contributed by atoms with van der Waals surface area (Å²) in [4.78, 5) is 11.4. The summed E-state index contributed by atoms with van der Waals surface area (Å²) in [5, 5.41) is 0. The van der Waals surface area contributed by atoms with E-state index in [1.54, 1.807) is 20.8 Å². The number of benzene rings is 1. The Kier molecular flexibility index (Phi) is 4.97. The zero-order valence-electron chi connectivity index (χ0n) is 11.2. The van der Waals surface area contributed by atoms with E-state index in [2.05, 4.69) is 0 Å². The summed E-state index contributed by atoms with van der Waals surface area (Å²) < 4.78 is 44.0. The first-order chi connectivity index (χ1) is 8.69. The molecule has 0 aromatic heterocycles. The highest BCUT2D eigenvalue weighted by molar-refractivity contribution is 5.69. The largest absolute Gasteiger partial charge is 0.460 e. The van der Waals surface area contributed by atoms with E-state index in [4.69, 9.17) is 4.74 Å². The Labute approximate surface area is 110 Å². The molecule has 106 valence electrons. The van der Waals surface area contributed by atoms with E-state index in [-0.39, 0.29) is 18.4 Å². The smallest absolute Gasteiger partial charge is 0.306 e. The van der Waals surface area contributed by atoms with Crippen LogP contribution in [-0.4, -0.2) is 11.6 Å². The van der Waals surface area contributed by atoms with Crippen molar-refractivity contribution in [1.29, 1.82) is 0 Å². The van der Waals surface area contributed by atoms with Gasteiger partial charge in [0.05, 0.1) is 0 Å². The van der Waals surface area contributed by atoms with E-state index in [0.717, 1.165) is 6.07 Å². The molecular weight excluding hydrogens is 257 g/mol. The second-order valence-electron chi connectivity index (χ2n) is 5.30. The van der Waals surface area contributed by atoms with Crippen molar-refractivity contribution >= 4 is 5.97 Å². The lowest BCUT2D eigenvalue weighted by Gasteiger charge is -2.19. The van der Waals surface area contributed by atoms with Crippen molar-refractivity contribution in [2.24, 2.45) is 0 Å². The molecule has 2 nitrogen and oxygen atoms in total. The van der Waals surface area contributed by atoms with Gasteiger partial charge in [-0.3, -0.25) is 4.79 Å². The average Bonchev–Trinajstić information content (AvgIpc) is 2.22. The van der Waals surface area contributed by atoms with Crippen LogP contribution in [0.3, 0.4) is 0 Å². The van der Waals surface area contributed by atoms with Crippen molar-refractivity contribution in [3.05, 3.63) is 35.1 Å². The van der Waals surface area contributed by atoms with Gasteiger partial charge in [-0.05, 0) is 45.2 Å². The normalized spacial score (nSPS) is 11.5. The predicted molar refractivity (Wildman–Crippen MR) is 65.1 cm³/mol. The molecule has 0 aliphatic carbocycles. The van der Waals surface area contributed by atoms with E-state index in [1.807, 2.05) is 0 Å². The Morgan fingerprint density at radius 2 is 1.68 bits per heavy atom. The van der Waals surface area contributed by atoms with E-state index in [0.29, 0.717) is 12.5 Å². The van der Waals surface area contributed by atoms with Crippen molar-refractivity contribution in [1.82, 2.24) is 0 Å². The number of hydrogen-bond acceptors (Lipinski definition) is 2. The molecule has 1 rings (SSSR count). The lowest BCUT2D eigenvalue weighted by Crippen LogP contribution is -2.23. The lowest BCUT2D eigenvalue weighted by molar-refractivity contribution is -0.154. The second-order valence-corrected chi connectivity index (χ2v) is 5.30. The fourth-order valence-corrected chi connectivity index (χ4v) is 1.57. The summed E-state index contributed by atoms with van der Waals surface area (Å²) in [5.41, 5.74) is -0.507. The summed E-state index contributed by atoms with van der Waals surface area (Å²) in [5.74, 6) is -3.50. The van der Waals surface area contributed by atoms with Gasteiger partial charge in [-0.15, -0.1) is 0 Å². The molecule has 0 N–H and O–H groups in total. The molecule has 0 heterocycles. The third-order valence-electron chi connectivity index (χ3n) is 2.34. The molecule has 5 heteroatoms. The number of esters is 1. The van der Waals surface area contributed by atoms with Crippen LogP contribution in [0.5, 0.6) is 0 Å². The summed E-state index contributed by atoms with van der Waals surface area (Å²) in [6.07, 6.45) is 0.578. The number of carbonyl (C=O) groups is 1. The Hall–Kier alpha value is -1.52. The van der Waals surface area contributed by atoms with Gasteiger partial charge >= 0.3 is 5.97 Å². The summed E-state index contributed by atoms with van der Waals surface area (Å²) in [6.45, 7) is 5.25. The molecule has 0 unspecified atom stereocenters. The quantitative estimate of drug-likeness (QED) is 0.617. The summed E-state index contributed by atoms with van der Waals surface area (Å²) in [7, 11) is 0. The first kappa shape index (κ1) is 15.5. The Morgan fingerprint density at radius 3 is 2.26 bits per heavy atom. The Balaban J connectivity index is 2.50. The molecule has 0 atom stereocenters. The van der Waals surface area contributed by atoms with Gasteiger partial charge < -0.3 is 4.74 Å². The molecule has 0 aliphatic rings. The number of hydrogen-bond donors (Lipinski definition) is 0. The van der Waals surface area contributed by atoms with E-state index < -0.39 is 29.0 Å². The minimum Gasteiger partial charge on any atom is -0.460 e. The molecule has 1 aromatic carbocycles. The topological polar surface area (TPSA) is 26.3 Å². The first-order valence-corrected chi connectivity index (χ1v) is 6.04. The van der Waals surface area contributed by atoms with E-state index in [1.165, 1.54) is 0 Å². The average molecular weight is 274 g/mol. The molecule has 0 radical (unpaired) electrons. The molecule has 0 saturated carbocycles. The van der Waals surface area contributed by atoms with Crippen LogP contribution < -0.4 is 0 Å². The van der Waals surface area contributed by atoms with Gasteiger partial charge in [0.1, 0.15) is 11.4 Å². The molecule has 0 amide bonds. The van der Waals surface area contributed by atoms with Crippen LogP contribution in [0.4, 0.5) is 13.2 Å². The Bertz CT molecular complexity index is 464. The minimum atomic E-state index is -1.21. The van der Waals surface area contributed by atoms with Crippen LogP contribution in [0.2, 0.25) is 0 Å². The molecule has 0 fully saturated rings. The van der Waals surface area contributed by atoms with Crippen LogP contribution in [0.1, 0.15) is 39.2 Å². The third-order valence-corrected chi connectivity index (χ3v) is 2.34. The van der Waals surface area contributed by atoms with E-state index in [9.17, 15) is 18.0 Å². The molecule has 0 saturated heterocycles. The van der Waals surface area contributed by atoms with Gasteiger partial charge in [-0.2, -0.15) is 0 Å². The van der Waals surface area contributed by atoms with Crippen LogP contribution in [0.15, 0.2) is 12.1 Å². The van der Waals surface area contributed by atoms with Gasteiger partial charge in [0.25, 0.3) is 0 Å². The number of halogens is 3. The van der Waals surface area contributed by atoms with Crippen LogP contribution >= 0.6 is 0 Å². The standard InChI is InChI=1S/C14H17F3O2/c1-14(2,3)19-13(18)6-4-5-9-7-11(16)12(17)8-10(9)15/h7-8H,4-6H2,1-3H3. The maximum atomic E-state index is 13.3. The molecule has 0 spiro atoms. The maximum absolute atomic E-state index is 13.3. The second kappa shape index (κ2) is 6.08. The van der Waals surface area contributed by atoms with Gasteiger partial charge in [0, 0.05) is 12.5 Å². The summed E-state index contributed by atoms with van der Waals surface area (Å²) >= 11 is 0. The molecule has 1 aromatic rings. The highest BCUT2D eigenvalue weighted by Gasteiger charge is 2.16. The van der Waals surface area contributed by atoms with Crippen molar-refractivity contribution in [2.45, 2.75) is 45.6 Å². The van der Waals surface area contributed by atoms with Gasteiger partial charge in [-0.25, -0.2) is 13.2 Å². The minimum absolute atomic E-state index is 0.0578. The molecule has 19 heavy (non-hydrogen) atoms. The van der Waals surface area contributed by atoms with Crippen molar-refractivity contribution < 1.29 is 22.7 Å². The zero-order valence-corrected chi connectivity index (χ0v) is 11.2. The molecule has 0 bridgehead atoms. The van der Waals surface area contributed by atoms with Crippen molar-refractivity contribution in [3.8, 4) is 0 Å². The van der Waals surface area contributed by atoms with Crippen LogP contribution in [0, 0.1) is 17.5 Å². The zero-order chi connectivity index (χ0) is 14.6. The summed E-state index contributed by atoms with van der Waals surface area (Å²) in [6, 6.07) is 1.33. The number of carbonyl (C=O) groups excluding carboxylic acids is 1. The number of ether oxygens (including phenoxy) is 1. The van der Waals surface area contributed by atoms with Gasteiger partial charge in [-0.1, -0.05) is 0 Å². The van der Waals surface area contributed by atoms with Gasteiger partial charge in [0.2, 0.25) is 0 Å². The fraction of sp³-hybridized carbons (Fsp3) is 0.500. The SMILES string of the molecule is CC(C)(C)OC(=O)CCCc1cc(F)c(F)cc1F. The number of rotatable bonds is 4.